The van der Waals surface area contributed by atoms with Gasteiger partial charge in [0.15, 0.2) is 0 Å². The van der Waals surface area contributed by atoms with Crippen molar-refractivity contribution in [2.24, 2.45) is 0 Å². The molecule has 4 heteroatoms. The van der Waals surface area contributed by atoms with Gasteiger partial charge in [0.1, 0.15) is 5.37 Å². The molecular formula is C17H16ClNOS. The lowest BCUT2D eigenvalue weighted by Gasteiger charge is -2.25. The van der Waals surface area contributed by atoms with Gasteiger partial charge < -0.3 is 0 Å². The van der Waals surface area contributed by atoms with E-state index in [1.54, 1.807) is 11.8 Å². The van der Waals surface area contributed by atoms with Crippen molar-refractivity contribution in [3.8, 4) is 0 Å². The fourth-order valence-corrected chi connectivity index (χ4v) is 3.97. The molecule has 0 radical (unpaired) electrons. The number of thioether (sulfide) groups is 1. The van der Waals surface area contributed by atoms with Gasteiger partial charge in [0, 0.05) is 10.7 Å². The molecule has 1 fully saturated rings. The van der Waals surface area contributed by atoms with Crippen LogP contribution in [0.2, 0.25) is 5.02 Å². The number of anilines is 1. The number of benzene rings is 2. The molecule has 2 aromatic carbocycles. The Bertz CT molecular complexity index is 663. The summed E-state index contributed by atoms with van der Waals surface area (Å²) in [6, 6.07) is 14.0. The summed E-state index contributed by atoms with van der Waals surface area (Å²) in [4.78, 5) is 14.2. The second kappa shape index (κ2) is 5.74. The van der Waals surface area contributed by atoms with Crippen molar-refractivity contribution in [1.29, 1.82) is 0 Å². The van der Waals surface area contributed by atoms with Gasteiger partial charge in [-0.15, -0.1) is 11.8 Å². The number of amides is 1. The molecule has 108 valence electrons. The maximum Gasteiger partial charge on any atom is 0.238 e. The Hall–Kier alpha value is -1.45. The highest BCUT2D eigenvalue weighted by atomic mass is 35.5. The van der Waals surface area contributed by atoms with E-state index in [2.05, 4.69) is 32.0 Å². The lowest BCUT2D eigenvalue weighted by atomic mass is 10.1. The zero-order chi connectivity index (χ0) is 15.0. The van der Waals surface area contributed by atoms with Gasteiger partial charge in [0.05, 0.1) is 5.75 Å². The van der Waals surface area contributed by atoms with Gasteiger partial charge in [-0.05, 0) is 54.8 Å². The van der Waals surface area contributed by atoms with Crippen molar-refractivity contribution in [3.05, 3.63) is 64.2 Å². The first-order valence-electron chi connectivity index (χ1n) is 6.82. The van der Waals surface area contributed by atoms with E-state index in [4.69, 9.17) is 11.6 Å². The number of nitrogens with zero attached hydrogens (tertiary/aromatic N) is 1. The number of halogens is 1. The van der Waals surface area contributed by atoms with Crippen molar-refractivity contribution in [2.45, 2.75) is 19.2 Å². The van der Waals surface area contributed by atoms with Gasteiger partial charge in [0.2, 0.25) is 5.91 Å². The van der Waals surface area contributed by atoms with E-state index in [1.807, 2.05) is 29.2 Å². The fourth-order valence-electron chi connectivity index (χ4n) is 2.67. The molecule has 2 aromatic rings. The van der Waals surface area contributed by atoms with E-state index >= 15 is 0 Å². The number of carbonyl (C=O) groups excluding carboxylic acids is 1. The van der Waals surface area contributed by atoms with Crippen LogP contribution in [0.15, 0.2) is 42.5 Å². The van der Waals surface area contributed by atoms with Gasteiger partial charge in [-0.2, -0.15) is 0 Å². The second-order valence-corrected chi connectivity index (χ2v) is 6.83. The highest BCUT2D eigenvalue weighted by molar-refractivity contribution is 8.00. The highest BCUT2D eigenvalue weighted by Crippen LogP contribution is 2.42. The monoisotopic (exact) mass is 317 g/mol. The molecule has 1 aliphatic rings. The molecule has 0 aromatic heterocycles. The smallest absolute Gasteiger partial charge is 0.238 e. The first-order valence-corrected chi connectivity index (χ1v) is 8.25. The first kappa shape index (κ1) is 14.5. The molecule has 1 amide bonds. The molecule has 3 rings (SSSR count). The molecule has 1 saturated heterocycles. The Balaban J connectivity index is 2.01. The molecule has 0 aliphatic carbocycles. The van der Waals surface area contributed by atoms with Crippen LogP contribution in [0.1, 0.15) is 22.1 Å². The third-order valence-electron chi connectivity index (χ3n) is 3.51. The Morgan fingerprint density at radius 3 is 2.33 bits per heavy atom. The summed E-state index contributed by atoms with van der Waals surface area (Å²) >= 11 is 7.61. The number of hydrogen-bond donors (Lipinski definition) is 0. The van der Waals surface area contributed by atoms with Crippen LogP contribution < -0.4 is 4.90 Å². The molecule has 0 N–H and O–H groups in total. The van der Waals surface area contributed by atoms with Crippen LogP contribution in [0.4, 0.5) is 5.69 Å². The molecule has 0 bridgehead atoms. The number of carbonyl (C=O) groups is 1. The van der Waals surface area contributed by atoms with Crippen molar-refractivity contribution >= 4 is 35.0 Å². The Morgan fingerprint density at radius 1 is 1.10 bits per heavy atom. The van der Waals surface area contributed by atoms with Gasteiger partial charge in [-0.25, -0.2) is 0 Å². The van der Waals surface area contributed by atoms with Crippen LogP contribution in [0.25, 0.3) is 0 Å². The molecule has 1 unspecified atom stereocenters. The van der Waals surface area contributed by atoms with Crippen LogP contribution in [0, 0.1) is 13.8 Å². The molecule has 1 heterocycles. The van der Waals surface area contributed by atoms with E-state index in [-0.39, 0.29) is 11.3 Å². The summed E-state index contributed by atoms with van der Waals surface area (Å²) in [5, 5.41) is 0.738. The van der Waals surface area contributed by atoms with Crippen molar-refractivity contribution < 1.29 is 4.79 Å². The van der Waals surface area contributed by atoms with Gasteiger partial charge in [-0.3, -0.25) is 9.69 Å². The summed E-state index contributed by atoms with van der Waals surface area (Å²) in [7, 11) is 0. The Morgan fingerprint density at radius 2 is 1.71 bits per heavy atom. The van der Waals surface area contributed by atoms with E-state index in [9.17, 15) is 4.79 Å². The van der Waals surface area contributed by atoms with Crippen LogP contribution in [0.5, 0.6) is 0 Å². The Kier molecular flexibility index (Phi) is 3.96. The van der Waals surface area contributed by atoms with Crippen molar-refractivity contribution in [2.75, 3.05) is 10.7 Å². The minimum absolute atomic E-state index is 0.0240. The summed E-state index contributed by atoms with van der Waals surface area (Å²) in [5.74, 6) is 0.672. The lowest BCUT2D eigenvalue weighted by Crippen LogP contribution is -2.27. The van der Waals surface area contributed by atoms with E-state index in [0.717, 1.165) is 11.3 Å². The molecule has 21 heavy (non-hydrogen) atoms. The third kappa shape index (κ3) is 2.94. The van der Waals surface area contributed by atoms with Gasteiger partial charge >= 0.3 is 0 Å². The summed E-state index contributed by atoms with van der Waals surface area (Å²) in [6.45, 7) is 4.11. The normalized spacial score (nSPS) is 18.3. The number of aryl methyl sites for hydroxylation is 2. The first-order chi connectivity index (χ1) is 10.0. The minimum atomic E-state index is 0.0240. The van der Waals surface area contributed by atoms with Crippen LogP contribution in [-0.2, 0) is 4.79 Å². The molecule has 2 nitrogen and oxygen atoms in total. The third-order valence-corrected chi connectivity index (χ3v) is 4.97. The molecule has 0 saturated carbocycles. The maximum atomic E-state index is 12.3. The Labute approximate surface area is 134 Å². The summed E-state index contributed by atoms with van der Waals surface area (Å²) < 4.78 is 0. The molecule has 1 atom stereocenters. The van der Waals surface area contributed by atoms with Crippen LogP contribution in [-0.4, -0.2) is 11.7 Å². The van der Waals surface area contributed by atoms with Gasteiger partial charge in [0.25, 0.3) is 0 Å². The van der Waals surface area contributed by atoms with Crippen LogP contribution >= 0.6 is 23.4 Å². The summed E-state index contributed by atoms with van der Waals surface area (Å²) in [6.07, 6.45) is 0. The maximum absolute atomic E-state index is 12.3. The average Bonchev–Trinajstić information content (AvgIpc) is 2.80. The number of hydrogen-bond acceptors (Lipinski definition) is 2. The molecule has 0 spiro atoms. The predicted octanol–water partition coefficient (Wildman–Crippen LogP) is 4.74. The standard InChI is InChI=1S/C17H16ClNOS/c1-11-7-12(2)9-15(8-11)19-16(20)10-21-17(19)13-3-5-14(18)6-4-13/h3-9,17H,10H2,1-2H3. The van der Waals surface area contributed by atoms with E-state index < -0.39 is 0 Å². The largest absolute Gasteiger partial charge is 0.295 e. The van der Waals surface area contributed by atoms with Gasteiger partial charge in [-0.1, -0.05) is 29.8 Å². The SMILES string of the molecule is Cc1cc(C)cc(N2C(=O)CSC2c2ccc(Cl)cc2)c1. The fraction of sp³-hybridized carbons (Fsp3) is 0.235. The highest BCUT2D eigenvalue weighted by Gasteiger charge is 2.34. The molecule has 1 aliphatic heterocycles. The zero-order valence-corrected chi connectivity index (χ0v) is 13.5. The zero-order valence-electron chi connectivity index (χ0n) is 12.0. The topological polar surface area (TPSA) is 20.3 Å². The molecular weight excluding hydrogens is 302 g/mol. The summed E-state index contributed by atoms with van der Waals surface area (Å²) in [5.41, 5.74) is 4.42. The van der Waals surface area contributed by atoms with E-state index in [1.165, 1.54) is 11.1 Å². The number of rotatable bonds is 2. The second-order valence-electron chi connectivity index (χ2n) is 5.32. The lowest BCUT2D eigenvalue weighted by molar-refractivity contribution is -0.115. The van der Waals surface area contributed by atoms with Crippen LogP contribution in [0.3, 0.4) is 0 Å². The average molecular weight is 318 g/mol. The van der Waals surface area contributed by atoms with Crippen molar-refractivity contribution in [3.63, 3.8) is 0 Å². The quantitative estimate of drug-likeness (QED) is 0.797. The van der Waals surface area contributed by atoms with E-state index in [0.29, 0.717) is 10.8 Å². The van der Waals surface area contributed by atoms with Crippen molar-refractivity contribution in [1.82, 2.24) is 0 Å². The predicted molar refractivity (Wildman–Crippen MR) is 90.1 cm³/mol. The minimum Gasteiger partial charge on any atom is -0.295 e.